The fourth-order valence-corrected chi connectivity index (χ4v) is 7.92. The zero-order valence-corrected chi connectivity index (χ0v) is 24.1. The summed E-state index contributed by atoms with van der Waals surface area (Å²) < 4.78 is 5.64. The van der Waals surface area contributed by atoms with E-state index in [1.807, 2.05) is 34.6 Å². The number of thiazole rings is 1. The summed E-state index contributed by atoms with van der Waals surface area (Å²) in [6, 6.07) is -0.328. The molecule has 38 heavy (non-hydrogen) atoms. The predicted octanol–water partition coefficient (Wildman–Crippen LogP) is 4.21. The zero-order valence-electron chi connectivity index (χ0n) is 23.2. The van der Waals surface area contributed by atoms with Gasteiger partial charge in [0.25, 0.3) is 5.91 Å². The number of nitrogens with zero attached hydrogens (tertiary/aromatic N) is 2. The molecule has 1 heterocycles. The lowest BCUT2D eigenvalue weighted by atomic mass is 9.26. The van der Waals surface area contributed by atoms with E-state index in [9.17, 15) is 24.3 Å². The van der Waals surface area contributed by atoms with E-state index in [1.165, 1.54) is 18.3 Å². The molecular weight excluding hydrogens is 506 g/mol. The molecular formula is C28H39N3O6S. The van der Waals surface area contributed by atoms with E-state index < -0.39 is 23.5 Å². The van der Waals surface area contributed by atoms with Crippen molar-refractivity contribution in [1.82, 2.24) is 15.2 Å². The molecule has 0 radical (unpaired) electrons. The third kappa shape index (κ3) is 4.25. The second-order valence-electron chi connectivity index (χ2n) is 11.4. The standard InChI is InChI=1S/C28H39N3O6S/c1-8-9-10-20(33)31(7)18(13(2)3)11-19(37-16(6)32)26-29-17(12-38-26)25(34)30-24-21-14(4)28(27(35)36)15(5)22(24)23(21)28/h12-14,18-19,21,23-24H,8-11H2,1-7H3,(H,30,34)(H,35,36). The number of esters is 1. The van der Waals surface area contributed by atoms with Crippen molar-refractivity contribution in [2.45, 2.75) is 85.4 Å². The first-order valence-electron chi connectivity index (χ1n) is 13.5. The summed E-state index contributed by atoms with van der Waals surface area (Å²) in [7, 11) is 1.79. The number of hydrogen-bond acceptors (Lipinski definition) is 7. The highest BCUT2D eigenvalue weighted by Crippen LogP contribution is 2.78. The number of unbranched alkanes of at least 4 members (excludes halogenated alkanes) is 1. The molecule has 0 saturated heterocycles. The smallest absolute Gasteiger partial charge is 0.314 e. The highest BCUT2D eigenvalue weighted by Gasteiger charge is 2.81. The van der Waals surface area contributed by atoms with Crippen molar-refractivity contribution in [3.63, 3.8) is 0 Å². The maximum Gasteiger partial charge on any atom is 0.314 e. The molecule has 2 saturated carbocycles. The van der Waals surface area contributed by atoms with Crippen LogP contribution in [0, 0.1) is 29.1 Å². The first-order valence-corrected chi connectivity index (χ1v) is 14.4. The predicted molar refractivity (Wildman–Crippen MR) is 142 cm³/mol. The monoisotopic (exact) mass is 545 g/mol. The van der Waals surface area contributed by atoms with Crippen LogP contribution in [0.1, 0.15) is 88.8 Å². The van der Waals surface area contributed by atoms with E-state index in [0.717, 1.165) is 24.0 Å². The van der Waals surface area contributed by atoms with Crippen LogP contribution in [-0.4, -0.2) is 57.9 Å². The highest BCUT2D eigenvalue weighted by molar-refractivity contribution is 7.09. The zero-order chi connectivity index (χ0) is 28.1. The second kappa shape index (κ2) is 10.4. The van der Waals surface area contributed by atoms with Gasteiger partial charge in [-0.25, -0.2) is 4.98 Å². The van der Waals surface area contributed by atoms with E-state index in [0.29, 0.717) is 17.8 Å². The van der Waals surface area contributed by atoms with Crippen LogP contribution in [-0.2, 0) is 19.1 Å². The molecule has 3 aliphatic rings. The van der Waals surface area contributed by atoms with E-state index in [4.69, 9.17) is 4.74 Å². The summed E-state index contributed by atoms with van der Waals surface area (Å²) >= 11 is 1.26. The molecule has 3 aliphatic carbocycles. The number of amides is 2. The van der Waals surface area contributed by atoms with Crippen LogP contribution in [0.25, 0.3) is 0 Å². The van der Waals surface area contributed by atoms with Crippen molar-refractivity contribution in [3.8, 4) is 0 Å². The number of rotatable bonds is 12. The molecule has 7 unspecified atom stereocenters. The van der Waals surface area contributed by atoms with Crippen LogP contribution < -0.4 is 5.32 Å². The Balaban J connectivity index is 1.47. The van der Waals surface area contributed by atoms with E-state index in [2.05, 4.69) is 10.3 Å². The maximum absolute atomic E-state index is 13.1. The van der Waals surface area contributed by atoms with Gasteiger partial charge in [0.05, 0.1) is 11.5 Å². The molecule has 7 atom stereocenters. The summed E-state index contributed by atoms with van der Waals surface area (Å²) in [5.74, 6) is -1.22. The Bertz CT molecular complexity index is 1180. The molecule has 1 aromatic heterocycles. The van der Waals surface area contributed by atoms with Crippen LogP contribution in [0.2, 0.25) is 0 Å². The average Bonchev–Trinajstić information content (AvgIpc) is 3.32. The van der Waals surface area contributed by atoms with Gasteiger partial charge in [-0.05, 0) is 36.7 Å². The molecule has 0 bridgehead atoms. The number of hydrogen-bond donors (Lipinski definition) is 2. The Morgan fingerprint density at radius 1 is 1.29 bits per heavy atom. The molecule has 2 fully saturated rings. The van der Waals surface area contributed by atoms with Crippen molar-refractivity contribution in [2.75, 3.05) is 7.05 Å². The largest absolute Gasteiger partial charge is 0.481 e. The number of carbonyl (C=O) groups is 4. The summed E-state index contributed by atoms with van der Waals surface area (Å²) in [4.78, 5) is 56.0. The Labute approximate surface area is 228 Å². The van der Waals surface area contributed by atoms with Gasteiger partial charge >= 0.3 is 11.9 Å². The van der Waals surface area contributed by atoms with Gasteiger partial charge in [0.2, 0.25) is 5.91 Å². The van der Waals surface area contributed by atoms with Crippen LogP contribution in [0.4, 0.5) is 0 Å². The molecule has 208 valence electrons. The lowest BCUT2D eigenvalue weighted by molar-refractivity contribution is -0.201. The molecule has 2 N–H and O–H groups in total. The topological polar surface area (TPSA) is 126 Å². The number of carboxylic acid groups (broad SMARTS) is 1. The Morgan fingerprint density at radius 3 is 2.50 bits per heavy atom. The fraction of sp³-hybridized carbons (Fsp3) is 0.679. The minimum atomic E-state index is -0.768. The van der Waals surface area contributed by atoms with Gasteiger partial charge in [-0.2, -0.15) is 0 Å². The van der Waals surface area contributed by atoms with Crippen molar-refractivity contribution in [1.29, 1.82) is 0 Å². The second-order valence-corrected chi connectivity index (χ2v) is 12.3. The normalized spacial score (nSPS) is 28.3. The number of ether oxygens (including phenoxy) is 1. The van der Waals surface area contributed by atoms with E-state index in [1.54, 1.807) is 17.3 Å². The number of carbonyl (C=O) groups excluding carboxylic acids is 3. The minimum absolute atomic E-state index is 0.0304. The van der Waals surface area contributed by atoms with Gasteiger partial charge in [-0.15, -0.1) is 11.3 Å². The maximum atomic E-state index is 13.1. The molecule has 4 rings (SSSR count). The molecule has 0 aliphatic heterocycles. The quantitative estimate of drug-likeness (QED) is 0.298. The van der Waals surface area contributed by atoms with Gasteiger partial charge in [0.15, 0.2) is 6.10 Å². The molecule has 0 aromatic carbocycles. The Kier molecular flexibility index (Phi) is 7.76. The van der Waals surface area contributed by atoms with E-state index >= 15 is 0 Å². The van der Waals surface area contributed by atoms with Gasteiger partial charge in [0.1, 0.15) is 10.7 Å². The van der Waals surface area contributed by atoms with Crippen molar-refractivity contribution >= 4 is 35.1 Å². The van der Waals surface area contributed by atoms with Crippen molar-refractivity contribution in [3.05, 3.63) is 27.2 Å². The number of carboxylic acids is 1. The van der Waals surface area contributed by atoms with Crippen LogP contribution in [0.5, 0.6) is 0 Å². The van der Waals surface area contributed by atoms with Crippen LogP contribution in [0.15, 0.2) is 16.5 Å². The SMILES string of the molecule is CCCCC(=O)N(C)C(CC(OC(C)=O)c1nc(C(=O)NC2C3=C(C)C4(C(=O)O)C(C)C2C34)cs1)C(C)C. The first kappa shape index (κ1) is 28.3. The van der Waals surface area contributed by atoms with Gasteiger partial charge in [-0.1, -0.05) is 39.7 Å². The van der Waals surface area contributed by atoms with Crippen LogP contribution >= 0.6 is 11.3 Å². The fourth-order valence-electron chi connectivity index (χ4n) is 7.08. The van der Waals surface area contributed by atoms with Crippen LogP contribution in [0.3, 0.4) is 0 Å². The summed E-state index contributed by atoms with van der Waals surface area (Å²) in [5, 5.41) is 15.0. The lowest BCUT2D eigenvalue weighted by Crippen LogP contribution is -2.81. The first-order chi connectivity index (χ1) is 17.9. The summed E-state index contributed by atoms with van der Waals surface area (Å²) in [5.41, 5.74) is 1.42. The molecule has 0 spiro atoms. The molecule has 1 aromatic rings. The Hall–Kier alpha value is -2.75. The highest BCUT2D eigenvalue weighted by atomic mass is 32.1. The average molecular weight is 546 g/mol. The third-order valence-corrected chi connectivity index (χ3v) is 10.1. The van der Waals surface area contributed by atoms with Gasteiger partial charge < -0.3 is 20.1 Å². The molecule has 2 amide bonds. The van der Waals surface area contributed by atoms with Gasteiger partial charge in [-0.3, -0.25) is 19.2 Å². The van der Waals surface area contributed by atoms with Gasteiger partial charge in [0, 0.05) is 44.2 Å². The lowest BCUT2D eigenvalue weighted by Gasteiger charge is -2.76. The number of nitrogens with one attached hydrogen (secondary N) is 1. The number of aliphatic carboxylic acids is 1. The number of aromatic nitrogens is 1. The Morgan fingerprint density at radius 2 is 1.97 bits per heavy atom. The summed E-state index contributed by atoms with van der Waals surface area (Å²) in [6.45, 7) is 11.3. The third-order valence-electron chi connectivity index (χ3n) is 9.12. The molecule has 10 heteroatoms. The van der Waals surface area contributed by atoms with Crippen molar-refractivity contribution in [2.24, 2.45) is 29.1 Å². The minimum Gasteiger partial charge on any atom is -0.481 e. The molecule has 9 nitrogen and oxygen atoms in total. The van der Waals surface area contributed by atoms with Crippen molar-refractivity contribution < 1.29 is 29.0 Å². The summed E-state index contributed by atoms with van der Waals surface area (Å²) in [6.07, 6.45) is 1.93. The van der Waals surface area contributed by atoms with E-state index in [-0.39, 0.29) is 53.3 Å².